The maximum absolute atomic E-state index is 12.4. The van der Waals surface area contributed by atoms with Gasteiger partial charge in [-0.25, -0.2) is 0 Å². The van der Waals surface area contributed by atoms with Gasteiger partial charge in [-0.15, -0.1) is 0 Å². The molecule has 1 aromatic heterocycles. The molecule has 102 valence electrons. The number of pyridine rings is 1. The highest BCUT2D eigenvalue weighted by molar-refractivity contribution is 5.95. The van der Waals surface area contributed by atoms with E-state index in [1.165, 1.54) is 0 Å². The van der Waals surface area contributed by atoms with E-state index in [9.17, 15) is 9.90 Å². The first-order valence-electron chi connectivity index (χ1n) is 7.03. The quantitative estimate of drug-likeness (QED) is 0.881. The van der Waals surface area contributed by atoms with E-state index in [-0.39, 0.29) is 5.91 Å². The average Bonchev–Trinajstić information content (AvgIpc) is 3.18. The Hall–Kier alpha value is -1.42. The molecule has 2 fully saturated rings. The molecule has 0 bridgehead atoms. The van der Waals surface area contributed by atoms with Gasteiger partial charge in [-0.05, 0) is 50.7 Å². The van der Waals surface area contributed by atoms with Crippen molar-refractivity contribution in [2.24, 2.45) is 5.92 Å². The lowest BCUT2D eigenvalue weighted by Crippen LogP contribution is -2.42. The number of aliphatic hydroxyl groups is 1. The summed E-state index contributed by atoms with van der Waals surface area (Å²) >= 11 is 0. The van der Waals surface area contributed by atoms with E-state index >= 15 is 0 Å². The van der Waals surface area contributed by atoms with Gasteiger partial charge in [0.15, 0.2) is 0 Å². The molecule has 1 aliphatic carbocycles. The molecular weight excluding hydrogens is 240 g/mol. The predicted octanol–water partition coefficient (Wildman–Crippen LogP) is 1.77. The highest BCUT2D eigenvalue weighted by Gasteiger charge is 2.48. The third kappa shape index (κ3) is 2.37. The Kier molecular flexibility index (Phi) is 3.05. The van der Waals surface area contributed by atoms with Crippen molar-refractivity contribution >= 4 is 5.91 Å². The van der Waals surface area contributed by atoms with Gasteiger partial charge in [0.25, 0.3) is 5.91 Å². The smallest absolute Gasteiger partial charge is 0.255 e. The fourth-order valence-electron chi connectivity index (χ4n) is 3.04. The van der Waals surface area contributed by atoms with Gasteiger partial charge in [-0.1, -0.05) is 0 Å². The number of rotatable bonds is 2. The normalized spacial score (nSPS) is 22.3. The van der Waals surface area contributed by atoms with Crippen LogP contribution in [0.15, 0.2) is 18.3 Å². The Morgan fingerprint density at radius 2 is 2.11 bits per heavy atom. The molecule has 0 atom stereocenters. The molecule has 0 unspecified atom stereocenters. The van der Waals surface area contributed by atoms with Gasteiger partial charge in [-0.3, -0.25) is 9.78 Å². The molecule has 1 N–H and O–H groups in total. The fraction of sp³-hybridized carbons (Fsp3) is 0.600. The largest absolute Gasteiger partial charge is 0.390 e. The molecule has 1 saturated carbocycles. The number of hydrogen-bond donors (Lipinski definition) is 1. The molecule has 2 heterocycles. The average molecular weight is 260 g/mol. The monoisotopic (exact) mass is 260 g/mol. The summed E-state index contributed by atoms with van der Waals surface area (Å²) in [5.74, 6) is 0.457. The Bertz CT molecular complexity index is 489. The van der Waals surface area contributed by atoms with Crippen LogP contribution < -0.4 is 0 Å². The Labute approximate surface area is 113 Å². The highest BCUT2D eigenvalue weighted by Crippen LogP contribution is 2.46. The first kappa shape index (κ1) is 12.6. The zero-order valence-electron chi connectivity index (χ0n) is 11.3. The highest BCUT2D eigenvalue weighted by atomic mass is 16.3. The van der Waals surface area contributed by atoms with Gasteiger partial charge in [0.2, 0.25) is 0 Å². The summed E-state index contributed by atoms with van der Waals surface area (Å²) in [7, 11) is 0. The van der Waals surface area contributed by atoms with Crippen molar-refractivity contribution in [1.82, 2.24) is 9.88 Å². The maximum atomic E-state index is 12.4. The van der Waals surface area contributed by atoms with Crippen LogP contribution in [0.5, 0.6) is 0 Å². The van der Waals surface area contributed by atoms with Crippen LogP contribution in [0, 0.1) is 12.8 Å². The summed E-state index contributed by atoms with van der Waals surface area (Å²) in [5.41, 5.74) is 1.08. The number of carbonyl (C=O) groups excluding carboxylic acids is 1. The third-order valence-electron chi connectivity index (χ3n) is 4.54. The molecular formula is C15H20N2O2. The van der Waals surface area contributed by atoms with Crippen LogP contribution >= 0.6 is 0 Å². The Balaban J connectivity index is 1.65. The Morgan fingerprint density at radius 3 is 2.68 bits per heavy atom. The Morgan fingerprint density at radius 1 is 1.42 bits per heavy atom. The minimum Gasteiger partial charge on any atom is -0.390 e. The molecule has 0 spiro atoms. The fourth-order valence-corrected chi connectivity index (χ4v) is 3.04. The van der Waals surface area contributed by atoms with Gasteiger partial charge >= 0.3 is 0 Å². The number of likely N-dealkylation sites (tertiary alicyclic amines) is 1. The van der Waals surface area contributed by atoms with E-state index < -0.39 is 5.60 Å². The maximum Gasteiger partial charge on any atom is 0.255 e. The van der Waals surface area contributed by atoms with Gasteiger partial charge in [0, 0.05) is 25.0 Å². The number of hydrogen-bond acceptors (Lipinski definition) is 3. The van der Waals surface area contributed by atoms with Gasteiger partial charge in [-0.2, -0.15) is 0 Å². The standard InChI is InChI=1S/C15H20N2O2/c1-11-13(3-2-8-16-11)14(18)17-9-4-12(5-10-17)15(19)6-7-15/h2-3,8,12,19H,4-7,9-10H2,1H3. The van der Waals surface area contributed by atoms with Crippen LogP contribution in [-0.2, 0) is 0 Å². The summed E-state index contributed by atoms with van der Waals surface area (Å²) in [6.45, 7) is 3.37. The SMILES string of the molecule is Cc1ncccc1C(=O)N1CCC(C2(O)CC2)CC1. The lowest BCUT2D eigenvalue weighted by Gasteiger charge is -2.34. The van der Waals surface area contributed by atoms with E-state index in [2.05, 4.69) is 4.98 Å². The molecule has 1 aliphatic heterocycles. The van der Waals surface area contributed by atoms with E-state index in [4.69, 9.17) is 0 Å². The van der Waals surface area contributed by atoms with Crippen LogP contribution in [0.2, 0.25) is 0 Å². The van der Waals surface area contributed by atoms with Crippen molar-refractivity contribution in [2.75, 3.05) is 13.1 Å². The lowest BCUT2D eigenvalue weighted by atomic mass is 9.89. The van der Waals surface area contributed by atoms with Crippen LogP contribution in [0.25, 0.3) is 0 Å². The van der Waals surface area contributed by atoms with E-state index in [0.29, 0.717) is 11.5 Å². The van der Waals surface area contributed by atoms with E-state index in [1.807, 2.05) is 17.9 Å². The summed E-state index contributed by atoms with van der Waals surface area (Å²) in [5, 5.41) is 10.1. The molecule has 1 amide bonds. The second kappa shape index (κ2) is 4.60. The molecule has 2 aliphatic rings. The second-order valence-electron chi connectivity index (χ2n) is 5.81. The number of aryl methyl sites for hydroxylation is 1. The molecule has 0 radical (unpaired) electrons. The number of aromatic nitrogens is 1. The zero-order valence-corrected chi connectivity index (χ0v) is 11.3. The molecule has 4 heteroatoms. The van der Waals surface area contributed by atoms with Crippen LogP contribution in [-0.4, -0.2) is 39.6 Å². The van der Waals surface area contributed by atoms with Crippen molar-refractivity contribution in [3.63, 3.8) is 0 Å². The number of nitrogens with zero attached hydrogens (tertiary/aromatic N) is 2. The molecule has 19 heavy (non-hydrogen) atoms. The summed E-state index contributed by atoms with van der Waals surface area (Å²) in [4.78, 5) is 18.5. The second-order valence-corrected chi connectivity index (χ2v) is 5.81. The van der Waals surface area contributed by atoms with Gasteiger partial charge in [0.05, 0.1) is 11.2 Å². The number of carbonyl (C=O) groups is 1. The summed E-state index contributed by atoms with van der Waals surface area (Å²) in [6.07, 6.45) is 5.42. The summed E-state index contributed by atoms with van der Waals surface area (Å²) < 4.78 is 0. The first-order chi connectivity index (χ1) is 9.10. The van der Waals surface area contributed by atoms with Gasteiger partial charge in [0.1, 0.15) is 0 Å². The number of piperidine rings is 1. The van der Waals surface area contributed by atoms with Crippen molar-refractivity contribution in [3.8, 4) is 0 Å². The predicted molar refractivity (Wildman–Crippen MR) is 71.8 cm³/mol. The zero-order chi connectivity index (χ0) is 13.5. The van der Waals surface area contributed by atoms with Crippen molar-refractivity contribution in [3.05, 3.63) is 29.6 Å². The first-order valence-corrected chi connectivity index (χ1v) is 7.03. The lowest BCUT2D eigenvalue weighted by molar-refractivity contribution is 0.0340. The van der Waals surface area contributed by atoms with Crippen molar-refractivity contribution in [1.29, 1.82) is 0 Å². The molecule has 1 aromatic rings. The van der Waals surface area contributed by atoms with Crippen LogP contribution in [0.1, 0.15) is 41.7 Å². The van der Waals surface area contributed by atoms with E-state index in [0.717, 1.165) is 44.5 Å². The molecule has 4 nitrogen and oxygen atoms in total. The molecule has 3 rings (SSSR count). The minimum atomic E-state index is -0.403. The van der Waals surface area contributed by atoms with Crippen LogP contribution in [0.4, 0.5) is 0 Å². The van der Waals surface area contributed by atoms with E-state index in [1.54, 1.807) is 12.3 Å². The van der Waals surface area contributed by atoms with Crippen LogP contribution in [0.3, 0.4) is 0 Å². The minimum absolute atomic E-state index is 0.0758. The van der Waals surface area contributed by atoms with Crippen molar-refractivity contribution < 1.29 is 9.90 Å². The van der Waals surface area contributed by atoms with Gasteiger partial charge < -0.3 is 10.0 Å². The summed E-state index contributed by atoms with van der Waals surface area (Å²) in [6, 6.07) is 3.64. The van der Waals surface area contributed by atoms with Crippen molar-refractivity contribution in [2.45, 2.75) is 38.2 Å². The topological polar surface area (TPSA) is 53.4 Å². The molecule has 1 saturated heterocycles. The third-order valence-corrected chi connectivity index (χ3v) is 4.54. The number of amides is 1. The molecule has 0 aromatic carbocycles.